The highest BCUT2D eigenvalue weighted by Crippen LogP contribution is 2.56. The first-order chi connectivity index (χ1) is 21.8. The van der Waals surface area contributed by atoms with Gasteiger partial charge in [0.15, 0.2) is 23.1 Å². The van der Waals surface area contributed by atoms with E-state index in [1.54, 1.807) is 31.2 Å². The van der Waals surface area contributed by atoms with Gasteiger partial charge in [-0.2, -0.15) is 0 Å². The number of amides is 2. The third kappa shape index (κ3) is 4.68. The molecule has 0 saturated carbocycles. The van der Waals surface area contributed by atoms with Gasteiger partial charge in [-0.3, -0.25) is 24.1 Å². The third-order valence-corrected chi connectivity index (χ3v) is 9.37. The first-order valence-corrected chi connectivity index (χ1v) is 15.2. The number of imide groups is 1. The summed E-state index contributed by atoms with van der Waals surface area (Å²) in [5, 5.41) is 13.7. The molecular formula is C37H32N2O6. The molecule has 7 rings (SSSR count). The number of benzene rings is 3. The lowest BCUT2D eigenvalue weighted by Gasteiger charge is -2.42. The number of allylic oxidation sites excluding steroid dienone is 6. The number of carbonyl (C=O) groups is 4. The first kappa shape index (κ1) is 28.5. The number of fused-ring (bicyclic) bond motifs is 3. The number of phenols is 1. The Balaban J connectivity index is 1.25. The van der Waals surface area contributed by atoms with Gasteiger partial charge in [0.1, 0.15) is 0 Å². The van der Waals surface area contributed by atoms with Crippen molar-refractivity contribution in [2.24, 2.45) is 17.8 Å². The van der Waals surface area contributed by atoms with E-state index in [0.717, 1.165) is 16.9 Å². The molecule has 4 atom stereocenters. The zero-order chi connectivity index (χ0) is 31.4. The summed E-state index contributed by atoms with van der Waals surface area (Å²) >= 11 is 0. The Morgan fingerprint density at radius 2 is 1.64 bits per heavy atom. The van der Waals surface area contributed by atoms with Crippen molar-refractivity contribution in [1.82, 2.24) is 0 Å². The molecule has 3 aromatic carbocycles. The number of aromatic hydroxyl groups is 1. The molecule has 0 spiro atoms. The van der Waals surface area contributed by atoms with E-state index in [-0.39, 0.29) is 41.3 Å². The van der Waals surface area contributed by atoms with Crippen LogP contribution in [0.5, 0.6) is 11.5 Å². The number of ketones is 2. The molecule has 3 aromatic rings. The zero-order valence-electron chi connectivity index (χ0n) is 24.9. The van der Waals surface area contributed by atoms with Gasteiger partial charge in [-0.05, 0) is 92.8 Å². The quantitative estimate of drug-likeness (QED) is 0.198. The second-order valence-electron chi connectivity index (χ2n) is 11.9. The lowest BCUT2D eigenvalue weighted by atomic mass is 9.59. The molecule has 45 heavy (non-hydrogen) atoms. The van der Waals surface area contributed by atoms with Gasteiger partial charge >= 0.3 is 0 Å². The van der Waals surface area contributed by atoms with Crippen LogP contribution < -0.4 is 15.0 Å². The van der Waals surface area contributed by atoms with Crippen molar-refractivity contribution in [3.8, 4) is 11.5 Å². The molecule has 0 aromatic heterocycles. The molecule has 2 N–H and O–H groups in total. The molecule has 3 aliphatic carbocycles. The summed E-state index contributed by atoms with van der Waals surface area (Å²) in [6.45, 7) is 3.78. The van der Waals surface area contributed by atoms with Crippen molar-refractivity contribution < 1.29 is 29.0 Å². The molecule has 0 radical (unpaired) electrons. The predicted molar refractivity (Wildman–Crippen MR) is 169 cm³/mol. The maximum atomic E-state index is 14.2. The summed E-state index contributed by atoms with van der Waals surface area (Å²) < 4.78 is 5.66. The van der Waals surface area contributed by atoms with Gasteiger partial charge in [0, 0.05) is 34.0 Å². The number of hydrogen-bond acceptors (Lipinski definition) is 7. The Morgan fingerprint density at radius 3 is 2.38 bits per heavy atom. The van der Waals surface area contributed by atoms with E-state index in [2.05, 4.69) is 5.32 Å². The van der Waals surface area contributed by atoms with Gasteiger partial charge in [-0.15, -0.1) is 0 Å². The molecule has 0 bridgehead atoms. The van der Waals surface area contributed by atoms with Crippen LogP contribution in [0.2, 0.25) is 0 Å². The highest BCUT2D eigenvalue weighted by molar-refractivity contribution is 6.25. The minimum absolute atomic E-state index is 0.0285. The molecule has 4 aliphatic rings. The standard InChI is InChI=1S/C37H32N2O6/c1-3-45-31-18-21(9-16-29(31)40)32-25-14-15-26-33(27(25)19-28-30(41)17-20(2)35(42)34(28)32)37(44)39(36(26)43)24-12-10-23(11-13-24)38-22-7-5-4-6-8-22/h4-14,16-18,26-27,32-33,38,40H,3,15,19H2,1-2H3/t26-,27+,32-,33-/m0/s1. The minimum atomic E-state index is -0.672. The van der Waals surface area contributed by atoms with Crippen LogP contribution in [0.3, 0.4) is 0 Å². The van der Waals surface area contributed by atoms with Crippen molar-refractivity contribution in [3.63, 3.8) is 0 Å². The van der Waals surface area contributed by atoms with E-state index in [1.165, 1.54) is 17.0 Å². The number of rotatable bonds is 6. The van der Waals surface area contributed by atoms with Gasteiger partial charge in [-0.1, -0.05) is 35.9 Å². The molecule has 2 amide bonds. The largest absolute Gasteiger partial charge is 0.504 e. The number of para-hydroxylation sites is 1. The Hall–Kier alpha value is -5.24. The van der Waals surface area contributed by atoms with E-state index in [9.17, 15) is 24.3 Å². The van der Waals surface area contributed by atoms with Crippen molar-refractivity contribution in [2.75, 3.05) is 16.8 Å². The summed E-state index contributed by atoms with van der Waals surface area (Å²) in [4.78, 5) is 56.4. The van der Waals surface area contributed by atoms with E-state index < -0.39 is 23.7 Å². The van der Waals surface area contributed by atoms with Crippen LogP contribution in [-0.4, -0.2) is 35.1 Å². The highest BCUT2D eigenvalue weighted by atomic mass is 16.5. The Bertz CT molecular complexity index is 1850. The van der Waals surface area contributed by atoms with Crippen molar-refractivity contribution in [2.45, 2.75) is 32.6 Å². The Morgan fingerprint density at radius 1 is 0.911 bits per heavy atom. The van der Waals surface area contributed by atoms with Crippen LogP contribution >= 0.6 is 0 Å². The monoisotopic (exact) mass is 600 g/mol. The van der Waals surface area contributed by atoms with Gasteiger partial charge in [0.2, 0.25) is 11.8 Å². The summed E-state index contributed by atoms with van der Waals surface area (Å²) in [5.74, 6) is -3.05. The SMILES string of the molecule is CCOc1cc([C@H]2C3=CC[C@@H]4C(=O)N(c5ccc(Nc6ccccc6)cc5)C(=O)[C@@H]4[C@@H]3CC3=C2C(=O)C(C)=CC3=O)ccc1O. The van der Waals surface area contributed by atoms with Gasteiger partial charge in [0.25, 0.3) is 0 Å². The minimum Gasteiger partial charge on any atom is -0.504 e. The lowest BCUT2D eigenvalue weighted by Crippen LogP contribution is -2.39. The smallest absolute Gasteiger partial charge is 0.238 e. The number of nitrogens with zero attached hydrogens (tertiary/aromatic N) is 1. The number of carbonyl (C=O) groups excluding carboxylic acids is 4. The van der Waals surface area contributed by atoms with Crippen molar-refractivity contribution in [3.05, 3.63) is 113 Å². The second kappa shape index (κ2) is 11.0. The van der Waals surface area contributed by atoms with Gasteiger partial charge < -0.3 is 15.2 Å². The Labute approximate surface area is 260 Å². The van der Waals surface area contributed by atoms with Crippen molar-refractivity contribution in [1.29, 1.82) is 0 Å². The average Bonchev–Trinajstić information content (AvgIpc) is 3.30. The normalized spacial score (nSPS) is 24.1. The maximum absolute atomic E-state index is 14.2. The van der Waals surface area contributed by atoms with E-state index in [1.807, 2.05) is 55.5 Å². The van der Waals surface area contributed by atoms with Gasteiger partial charge in [-0.25, -0.2) is 0 Å². The van der Waals surface area contributed by atoms with Crippen LogP contribution in [0, 0.1) is 17.8 Å². The summed E-state index contributed by atoms with van der Waals surface area (Å²) in [6.07, 6.45) is 3.91. The molecule has 8 nitrogen and oxygen atoms in total. The second-order valence-corrected chi connectivity index (χ2v) is 11.9. The van der Waals surface area contributed by atoms with Crippen LogP contribution in [-0.2, 0) is 19.2 Å². The van der Waals surface area contributed by atoms with Crippen molar-refractivity contribution >= 4 is 40.4 Å². The number of hydrogen-bond donors (Lipinski definition) is 2. The molecule has 1 saturated heterocycles. The number of Topliss-reactive ketones (excluding diaryl/α,β-unsaturated/α-hetero) is 1. The summed E-state index contributed by atoms with van der Waals surface area (Å²) in [7, 11) is 0. The maximum Gasteiger partial charge on any atom is 0.238 e. The highest BCUT2D eigenvalue weighted by Gasteiger charge is 2.56. The number of nitrogens with one attached hydrogen (secondary N) is 1. The third-order valence-electron chi connectivity index (χ3n) is 9.37. The molecular weight excluding hydrogens is 568 g/mol. The molecule has 1 fully saturated rings. The molecule has 1 heterocycles. The van der Waals surface area contributed by atoms with Crippen LogP contribution in [0.4, 0.5) is 17.1 Å². The number of phenolic OH excluding ortho intramolecular Hbond substituents is 1. The molecule has 0 unspecified atom stereocenters. The van der Waals surface area contributed by atoms with Crippen LogP contribution in [0.1, 0.15) is 38.2 Å². The first-order valence-electron chi connectivity index (χ1n) is 15.2. The van der Waals surface area contributed by atoms with Crippen LogP contribution in [0.15, 0.2) is 107 Å². The lowest BCUT2D eigenvalue weighted by molar-refractivity contribution is -0.123. The molecule has 8 heteroatoms. The average molecular weight is 601 g/mol. The summed E-state index contributed by atoms with van der Waals surface area (Å²) in [5.41, 5.74) is 4.94. The number of ether oxygens (including phenoxy) is 1. The fraction of sp³-hybridized carbons (Fsp3) is 0.243. The predicted octanol–water partition coefficient (Wildman–Crippen LogP) is 6.17. The Kier molecular flexibility index (Phi) is 7.00. The fourth-order valence-corrected chi connectivity index (χ4v) is 7.36. The summed E-state index contributed by atoms with van der Waals surface area (Å²) in [6, 6.07) is 21.9. The van der Waals surface area contributed by atoms with Gasteiger partial charge in [0.05, 0.1) is 24.1 Å². The molecule has 1 aliphatic heterocycles. The zero-order valence-corrected chi connectivity index (χ0v) is 24.9. The van der Waals surface area contributed by atoms with Crippen LogP contribution in [0.25, 0.3) is 0 Å². The fourth-order valence-electron chi connectivity index (χ4n) is 7.36. The van der Waals surface area contributed by atoms with E-state index in [4.69, 9.17) is 4.74 Å². The topological polar surface area (TPSA) is 113 Å². The molecule has 226 valence electrons. The van der Waals surface area contributed by atoms with E-state index in [0.29, 0.717) is 41.0 Å². The van der Waals surface area contributed by atoms with E-state index >= 15 is 0 Å². The number of anilines is 3.